The first kappa shape index (κ1) is 15.0. The highest BCUT2D eigenvalue weighted by molar-refractivity contribution is 9.10. The molecule has 0 aliphatic carbocycles. The van der Waals surface area contributed by atoms with Crippen molar-refractivity contribution < 1.29 is 0 Å². The molecule has 0 amide bonds. The number of halogens is 1. The molecule has 0 saturated carbocycles. The maximum atomic E-state index is 4.60. The van der Waals surface area contributed by atoms with Crippen molar-refractivity contribution in [2.24, 2.45) is 0 Å². The second-order valence-corrected chi connectivity index (χ2v) is 5.90. The molecule has 20 heavy (non-hydrogen) atoms. The van der Waals surface area contributed by atoms with Gasteiger partial charge in [-0.25, -0.2) is 9.97 Å². The van der Waals surface area contributed by atoms with Gasteiger partial charge < -0.3 is 5.32 Å². The van der Waals surface area contributed by atoms with Crippen LogP contribution < -0.4 is 5.32 Å². The van der Waals surface area contributed by atoms with Crippen molar-refractivity contribution in [2.75, 3.05) is 11.9 Å². The molecule has 0 bridgehead atoms. The Hall–Kier alpha value is -1.42. The molecule has 3 nitrogen and oxygen atoms in total. The van der Waals surface area contributed by atoms with Crippen molar-refractivity contribution >= 4 is 21.7 Å². The highest BCUT2D eigenvalue weighted by Gasteiger charge is 2.10. The second-order valence-electron chi connectivity index (χ2n) is 5.10. The molecule has 0 atom stereocenters. The zero-order chi connectivity index (χ0) is 14.7. The van der Waals surface area contributed by atoms with Gasteiger partial charge in [0.1, 0.15) is 5.82 Å². The van der Waals surface area contributed by atoms with E-state index in [-0.39, 0.29) is 0 Å². The Morgan fingerprint density at radius 3 is 2.35 bits per heavy atom. The van der Waals surface area contributed by atoms with E-state index < -0.39 is 0 Å². The lowest BCUT2D eigenvalue weighted by Gasteiger charge is -2.11. The highest BCUT2D eigenvalue weighted by Crippen LogP contribution is 2.27. The van der Waals surface area contributed by atoms with E-state index in [1.54, 1.807) is 0 Å². The first-order valence-corrected chi connectivity index (χ1v) is 7.70. The molecule has 0 fully saturated rings. The average molecular weight is 334 g/mol. The molecular weight excluding hydrogens is 314 g/mol. The topological polar surface area (TPSA) is 37.8 Å². The van der Waals surface area contributed by atoms with Gasteiger partial charge in [-0.1, -0.05) is 38.1 Å². The molecule has 0 saturated heterocycles. The smallest absolute Gasteiger partial charge is 0.161 e. The minimum absolute atomic E-state index is 0.536. The van der Waals surface area contributed by atoms with Crippen molar-refractivity contribution in [1.82, 2.24) is 9.97 Å². The van der Waals surface area contributed by atoms with Crippen LogP contribution in [0.3, 0.4) is 0 Å². The van der Waals surface area contributed by atoms with E-state index >= 15 is 0 Å². The second kappa shape index (κ2) is 6.35. The van der Waals surface area contributed by atoms with Crippen LogP contribution in [0.15, 0.2) is 28.7 Å². The SMILES string of the molecule is CCNc1nc(-c2ccc(C(C)C)cc2)nc(C)c1Br. The van der Waals surface area contributed by atoms with Gasteiger partial charge in [-0.05, 0) is 41.3 Å². The van der Waals surface area contributed by atoms with Crippen LogP contribution in [-0.4, -0.2) is 16.5 Å². The first-order valence-electron chi connectivity index (χ1n) is 6.91. The lowest BCUT2D eigenvalue weighted by atomic mass is 10.0. The monoisotopic (exact) mass is 333 g/mol. The molecular formula is C16H20BrN3. The Labute approximate surface area is 129 Å². The minimum atomic E-state index is 0.536. The Balaban J connectivity index is 2.41. The summed E-state index contributed by atoms with van der Waals surface area (Å²) in [5.41, 5.74) is 3.32. The van der Waals surface area contributed by atoms with Crippen LogP contribution in [-0.2, 0) is 0 Å². The van der Waals surface area contributed by atoms with Gasteiger partial charge in [-0.15, -0.1) is 0 Å². The number of nitrogens with one attached hydrogen (secondary N) is 1. The van der Waals surface area contributed by atoms with E-state index in [4.69, 9.17) is 0 Å². The number of hydrogen-bond acceptors (Lipinski definition) is 3. The van der Waals surface area contributed by atoms with E-state index in [2.05, 4.69) is 76.3 Å². The van der Waals surface area contributed by atoms with Crippen LogP contribution in [0.25, 0.3) is 11.4 Å². The quantitative estimate of drug-likeness (QED) is 0.875. The Morgan fingerprint density at radius 1 is 1.15 bits per heavy atom. The number of aryl methyl sites for hydroxylation is 1. The molecule has 1 aromatic heterocycles. The average Bonchev–Trinajstić information content (AvgIpc) is 2.44. The minimum Gasteiger partial charge on any atom is -0.369 e. The van der Waals surface area contributed by atoms with Crippen LogP contribution in [0, 0.1) is 6.92 Å². The van der Waals surface area contributed by atoms with E-state index in [1.807, 2.05) is 6.92 Å². The van der Waals surface area contributed by atoms with Crippen LogP contribution in [0.5, 0.6) is 0 Å². The molecule has 0 spiro atoms. The molecule has 4 heteroatoms. The largest absolute Gasteiger partial charge is 0.369 e. The fraction of sp³-hybridized carbons (Fsp3) is 0.375. The van der Waals surface area contributed by atoms with Crippen LogP contribution in [0.4, 0.5) is 5.82 Å². The van der Waals surface area contributed by atoms with Crippen molar-refractivity contribution in [3.05, 3.63) is 40.0 Å². The zero-order valence-electron chi connectivity index (χ0n) is 12.4. The summed E-state index contributed by atoms with van der Waals surface area (Å²) in [5, 5.41) is 3.26. The van der Waals surface area contributed by atoms with E-state index in [0.717, 1.165) is 33.9 Å². The number of nitrogens with zero attached hydrogens (tertiary/aromatic N) is 2. The summed E-state index contributed by atoms with van der Waals surface area (Å²) in [6.45, 7) is 9.26. The van der Waals surface area contributed by atoms with E-state index in [9.17, 15) is 0 Å². The maximum Gasteiger partial charge on any atom is 0.161 e. The summed E-state index contributed by atoms with van der Waals surface area (Å²) in [7, 11) is 0. The Morgan fingerprint density at radius 2 is 1.80 bits per heavy atom. The van der Waals surface area contributed by atoms with Gasteiger partial charge in [0.25, 0.3) is 0 Å². The van der Waals surface area contributed by atoms with Gasteiger partial charge in [0.2, 0.25) is 0 Å². The third kappa shape index (κ3) is 3.18. The highest BCUT2D eigenvalue weighted by atomic mass is 79.9. The van der Waals surface area contributed by atoms with Crippen LogP contribution in [0.1, 0.15) is 37.9 Å². The molecule has 0 aliphatic heterocycles. The number of rotatable bonds is 4. The van der Waals surface area contributed by atoms with Gasteiger partial charge >= 0.3 is 0 Å². The Kier molecular flexibility index (Phi) is 4.76. The third-order valence-corrected chi connectivity index (χ3v) is 4.15. The number of benzene rings is 1. The standard InChI is InChI=1S/C16H20BrN3/c1-5-18-16-14(17)11(4)19-15(20-16)13-8-6-12(7-9-13)10(2)3/h6-10H,5H2,1-4H3,(H,18,19,20). The number of hydrogen-bond donors (Lipinski definition) is 1. The van der Waals surface area contributed by atoms with E-state index in [0.29, 0.717) is 5.92 Å². The van der Waals surface area contributed by atoms with Gasteiger partial charge in [0.05, 0.1) is 10.2 Å². The van der Waals surface area contributed by atoms with Gasteiger partial charge in [-0.2, -0.15) is 0 Å². The summed E-state index contributed by atoms with van der Waals surface area (Å²) >= 11 is 3.53. The van der Waals surface area contributed by atoms with Crippen molar-refractivity contribution in [1.29, 1.82) is 0 Å². The van der Waals surface area contributed by atoms with E-state index in [1.165, 1.54) is 5.56 Å². The summed E-state index contributed by atoms with van der Waals surface area (Å²) in [6.07, 6.45) is 0. The molecule has 2 rings (SSSR count). The molecule has 0 radical (unpaired) electrons. The van der Waals surface area contributed by atoms with Gasteiger partial charge in [0, 0.05) is 12.1 Å². The molecule has 0 unspecified atom stereocenters. The molecule has 1 aromatic carbocycles. The third-order valence-electron chi connectivity index (χ3n) is 3.20. The van der Waals surface area contributed by atoms with Gasteiger partial charge in [-0.3, -0.25) is 0 Å². The summed E-state index contributed by atoms with van der Waals surface area (Å²) < 4.78 is 0.932. The normalized spacial score (nSPS) is 10.9. The molecule has 2 aromatic rings. The lowest BCUT2D eigenvalue weighted by molar-refractivity contribution is 0.867. The maximum absolute atomic E-state index is 4.60. The van der Waals surface area contributed by atoms with Crippen molar-refractivity contribution in [2.45, 2.75) is 33.6 Å². The molecule has 1 N–H and O–H groups in total. The fourth-order valence-electron chi connectivity index (χ4n) is 1.99. The lowest BCUT2D eigenvalue weighted by Crippen LogP contribution is -2.04. The summed E-state index contributed by atoms with van der Waals surface area (Å²) in [6, 6.07) is 8.47. The predicted octanol–water partition coefficient (Wildman–Crippen LogP) is 4.77. The first-order chi connectivity index (χ1) is 9.52. The molecule has 106 valence electrons. The zero-order valence-corrected chi connectivity index (χ0v) is 14.0. The predicted molar refractivity (Wildman–Crippen MR) is 88.2 cm³/mol. The summed E-state index contributed by atoms with van der Waals surface area (Å²) in [4.78, 5) is 9.16. The molecule has 0 aliphatic rings. The van der Waals surface area contributed by atoms with Gasteiger partial charge in [0.15, 0.2) is 5.82 Å². The van der Waals surface area contributed by atoms with Crippen molar-refractivity contribution in [3.63, 3.8) is 0 Å². The fourth-order valence-corrected chi connectivity index (χ4v) is 2.31. The Bertz CT molecular complexity index is 591. The van der Waals surface area contributed by atoms with Crippen LogP contribution in [0.2, 0.25) is 0 Å². The number of anilines is 1. The van der Waals surface area contributed by atoms with Crippen LogP contribution >= 0.6 is 15.9 Å². The molecule has 1 heterocycles. The number of aromatic nitrogens is 2. The summed E-state index contributed by atoms with van der Waals surface area (Å²) in [5.74, 6) is 2.15. The van der Waals surface area contributed by atoms with Crippen molar-refractivity contribution in [3.8, 4) is 11.4 Å².